The fourth-order valence-corrected chi connectivity index (χ4v) is 4.70. The number of rotatable bonds is 8. The van der Waals surface area contributed by atoms with E-state index in [0.29, 0.717) is 33.7 Å². The van der Waals surface area contributed by atoms with Crippen LogP contribution in [0.4, 0.5) is 17.1 Å². The number of carboxylic acids is 1. The molecule has 40 heavy (non-hydrogen) atoms. The molecule has 3 heterocycles. The third-order valence-corrected chi connectivity index (χ3v) is 6.91. The Labute approximate surface area is 230 Å². The maximum absolute atomic E-state index is 12.4. The standard InChI is InChI=1S/C28H29N7O5/c1-34-8-10-35(11-9-34)17-5-7-22(19(13-17)27(37)38)32-24-18-6-4-16(12-23(18)30-15-21(24)25(29)36)20-14-31-28(40-3)33-26(20)39-2/h4-7,12-15H,8-11H2,1-3H3,(H2,29,36)(H,30,32)(H,37,38). The van der Waals surface area contributed by atoms with E-state index < -0.39 is 11.9 Å². The monoisotopic (exact) mass is 543 g/mol. The lowest BCUT2D eigenvalue weighted by molar-refractivity contribution is 0.0697. The molecule has 1 amide bonds. The van der Waals surface area contributed by atoms with Crippen LogP contribution in [0.25, 0.3) is 22.0 Å². The zero-order valence-electron chi connectivity index (χ0n) is 22.3. The summed E-state index contributed by atoms with van der Waals surface area (Å²) in [7, 11) is 5.03. The van der Waals surface area contributed by atoms with Crippen LogP contribution in [0.5, 0.6) is 11.9 Å². The number of fused-ring (bicyclic) bond motifs is 1. The van der Waals surface area contributed by atoms with Gasteiger partial charge in [0.15, 0.2) is 0 Å². The molecular formula is C28H29N7O5. The number of carbonyl (C=O) groups excluding carboxylic acids is 1. The number of nitrogens with two attached hydrogens (primary N) is 1. The summed E-state index contributed by atoms with van der Waals surface area (Å²) in [4.78, 5) is 41.9. The Morgan fingerprint density at radius 3 is 2.42 bits per heavy atom. The molecule has 4 N–H and O–H groups in total. The first-order chi connectivity index (χ1) is 19.3. The highest BCUT2D eigenvalue weighted by Crippen LogP contribution is 2.36. The molecule has 1 saturated heterocycles. The summed E-state index contributed by atoms with van der Waals surface area (Å²) < 4.78 is 10.5. The maximum atomic E-state index is 12.4. The second kappa shape index (κ2) is 11.0. The number of aromatic carboxylic acids is 1. The number of hydrogen-bond acceptors (Lipinski definition) is 10. The summed E-state index contributed by atoms with van der Waals surface area (Å²) in [6, 6.07) is 10.8. The first-order valence-corrected chi connectivity index (χ1v) is 12.5. The van der Waals surface area contributed by atoms with Crippen molar-refractivity contribution in [2.45, 2.75) is 0 Å². The van der Waals surface area contributed by atoms with Crippen LogP contribution in [0.3, 0.4) is 0 Å². The highest BCUT2D eigenvalue weighted by molar-refractivity contribution is 6.09. The van der Waals surface area contributed by atoms with E-state index in [2.05, 4.69) is 37.1 Å². The van der Waals surface area contributed by atoms with Gasteiger partial charge < -0.3 is 35.4 Å². The van der Waals surface area contributed by atoms with E-state index in [0.717, 1.165) is 37.4 Å². The number of anilines is 3. The molecule has 0 bridgehead atoms. The number of aromatic nitrogens is 3. The number of carboxylic acid groups (broad SMARTS) is 1. The molecular weight excluding hydrogens is 514 g/mol. The van der Waals surface area contributed by atoms with E-state index in [1.807, 2.05) is 12.1 Å². The number of carbonyl (C=O) groups is 2. The minimum absolute atomic E-state index is 0.0774. The second-order valence-electron chi connectivity index (χ2n) is 9.37. The molecule has 2 aromatic heterocycles. The van der Waals surface area contributed by atoms with E-state index in [9.17, 15) is 14.7 Å². The molecule has 12 heteroatoms. The normalized spacial score (nSPS) is 13.7. The highest BCUT2D eigenvalue weighted by Gasteiger charge is 2.21. The number of hydrogen-bond donors (Lipinski definition) is 3. The number of nitrogens with zero attached hydrogens (tertiary/aromatic N) is 5. The van der Waals surface area contributed by atoms with Crippen LogP contribution in [0.2, 0.25) is 0 Å². The van der Waals surface area contributed by atoms with Crippen molar-refractivity contribution in [3.05, 3.63) is 59.9 Å². The summed E-state index contributed by atoms with van der Waals surface area (Å²) in [6.45, 7) is 3.39. The Morgan fingerprint density at radius 1 is 0.975 bits per heavy atom. The van der Waals surface area contributed by atoms with Crippen molar-refractivity contribution in [1.82, 2.24) is 19.9 Å². The van der Waals surface area contributed by atoms with Crippen LogP contribution < -0.4 is 25.4 Å². The van der Waals surface area contributed by atoms with Gasteiger partial charge in [-0.05, 0) is 36.9 Å². The fourth-order valence-electron chi connectivity index (χ4n) is 4.70. The lowest BCUT2D eigenvalue weighted by Gasteiger charge is -2.34. The predicted octanol–water partition coefficient (Wildman–Crippen LogP) is 3.00. The number of ether oxygens (including phenoxy) is 2. The molecule has 1 aliphatic heterocycles. The molecule has 2 aromatic carbocycles. The lowest BCUT2D eigenvalue weighted by Crippen LogP contribution is -2.44. The summed E-state index contributed by atoms with van der Waals surface area (Å²) in [5, 5.41) is 13.8. The summed E-state index contributed by atoms with van der Waals surface area (Å²) >= 11 is 0. The van der Waals surface area contributed by atoms with Crippen molar-refractivity contribution < 1.29 is 24.2 Å². The summed E-state index contributed by atoms with van der Waals surface area (Å²) in [6.07, 6.45) is 2.96. The highest BCUT2D eigenvalue weighted by atomic mass is 16.5. The molecule has 5 rings (SSSR count). The number of amides is 1. The Balaban J connectivity index is 1.56. The van der Waals surface area contributed by atoms with E-state index >= 15 is 0 Å². The average molecular weight is 544 g/mol. The minimum Gasteiger partial charge on any atom is -0.480 e. The van der Waals surface area contributed by atoms with Gasteiger partial charge in [-0.1, -0.05) is 12.1 Å². The van der Waals surface area contributed by atoms with Gasteiger partial charge in [0.25, 0.3) is 5.91 Å². The molecule has 0 unspecified atom stereocenters. The van der Waals surface area contributed by atoms with E-state index in [4.69, 9.17) is 15.2 Å². The van der Waals surface area contributed by atoms with Crippen LogP contribution in [0, 0.1) is 0 Å². The molecule has 0 spiro atoms. The number of benzene rings is 2. The largest absolute Gasteiger partial charge is 0.480 e. The van der Waals surface area contributed by atoms with E-state index in [1.165, 1.54) is 20.4 Å². The van der Waals surface area contributed by atoms with Gasteiger partial charge >= 0.3 is 12.0 Å². The van der Waals surface area contributed by atoms with Gasteiger partial charge in [-0.2, -0.15) is 4.98 Å². The quantitative estimate of drug-likeness (QED) is 0.300. The van der Waals surface area contributed by atoms with Gasteiger partial charge in [0, 0.05) is 49.6 Å². The number of pyridine rings is 1. The van der Waals surface area contributed by atoms with Gasteiger partial charge in [-0.25, -0.2) is 9.78 Å². The molecule has 0 aliphatic carbocycles. The van der Waals surface area contributed by atoms with Crippen molar-refractivity contribution >= 4 is 39.8 Å². The van der Waals surface area contributed by atoms with Crippen molar-refractivity contribution in [2.75, 3.05) is 57.7 Å². The third kappa shape index (κ3) is 5.16. The van der Waals surface area contributed by atoms with Gasteiger partial charge in [0.05, 0.1) is 47.8 Å². The number of likely N-dealkylation sites (N-methyl/N-ethyl adjacent to an activating group) is 1. The van der Waals surface area contributed by atoms with Gasteiger partial charge in [-0.15, -0.1) is 0 Å². The van der Waals surface area contributed by atoms with Crippen molar-refractivity contribution in [3.8, 4) is 23.0 Å². The number of piperazine rings is 1. The molecule has 0 saturated carbocycles. The molecule has 206 valence electrons. The first-order valence-electron chi connectivity index (χ1n) is 12.5. The fraction of sp³-hybridized carbons (Fsp3) is 0.250. The van der Waals surface area contributed by atoms with Crippen LogP contribution in [0.1, 0.15) is 20.7 Å². The number of nitrogens with one attached hydrogen (secondary N) is 1. The van der Waals surface area contributed by atoms with Crippen LogP contribution in [-0.4, -0.2) is 84.3 Å². The van der Waals surface area contributed by atoms with Crippen LogP contribution >= 0.6 is 0 Å². The van der Waals surface area contributed by atoms with Crippen LogP contribution in [-0.2, 0) is 0 Å². The number of primary amides is 1. The zero-order chi connectivity index (χ0) is 28.4. The van der Waals surface area contributed by atoms with E-state index in [-0.39, 0.29) is 17.1 Å². The lowest BCUT2D eigenvalue weighted by atomic mass is 10.0. The molecule has 0 atom stereocenters. The Kier molecular flexibility index (Phi) is 7.34. The first kappa shape index (κ1) is 26.6. The predicted molar refractivity (Wildman–Crippen MR) is 151 cm³/mol. The van der Waals surface area contributed by atoms with Crippen LogP contribution in [0.15, 0.2) is 48.8 Å². The summed E-state index contributed by atoms with van der Waals surface area (Å²) in [5.74, 6) is -1.46. The average Bonchev–Trinajstić information content (AvgIpc) is 2.97. The Hall–Kier alpha value is -4.97. The molecule has 1 aliphatic rings. The molecule has 0 radical (unpaired) electrons. The molecule has 1 fully saturated rings. The van der Waals surface area contributed by atoms with E-state index in [1.54, 1.807) is 30.5 Å². The number of methoxy groups -OCH3 is 2. The second-order valence-corrected chi connectivity index (χ2v) is 9.37. The van der Waals surface area contributed by atoms with Gasteiger partial charge in [0.1, 0.15) is 0 Å². The zero-order valence-corrected chi connectivity index (χ0v) is 22.3. The summed E-state index contributed by atoms with van der Waals surface area (Å²) in [5.41, 5.74) is 9.28. The minimum atomic E-state index is -1.09. The molecule has 12 nitrogen and oxygen atoms in total. The van der Waals surface area contributed by atoms with Crippen molar-refractivity contribution in [1.29, 1.82) is 0 Å². The van der Waals surface area contributed by atoms with Crippen molar-refractivity contribution in [3.63, 3.8) is 0 Å². The smallest absolute Gasteiger partial charge is 0.337 e. The van der Waals surface area contributed by atoms with Gasteiger partial charge in [-0.3, -0.25) is 9.78 Å². The van der Waals surface area contributed by atoms with Crippen molar-refractivity contribution in [2.24, 2.45) is 5.73 Å². The third-order valence-electron chi connectivity index (χ3n) is 6.91. The van der Waals surface area contributed by atoms with Gasteiger partial charge in [0.2, 0.25) is 5.88 Å². The maximum Gasteiger partial charge on any atom is 0.337 e. The SMILES string of the molecule is COc1ncc(-c2ccc3c(Nc4ccc(N5CCN(C)CC5)cc4C(=O)O)c(C(N)=O)cnc3c2)c(OC)n1. The Morgan fingerprint density at radius 2 is 1.75 bits per heavy atom. The Bertz CT molecular complexity index is 1600. The topological polar surface area (TPSA) is 156 Å². The molecule has 4 aromatic rings.